The number of aromatic nitrogens is 2. The smallest absolute Gasteiger partial charge is 0.236 e. The lowest BCUT2D eigenvalue weighted by atomic mass is 10.3. The highest BCUT2D eigenvalue weighted by atomic mass is 16.1. The molecule has 0 spiro atoms. The molecule has 88 valence electrons. The van der Waals surface area contributed by atoms with E-state index in [2.05, 4.69) is 15.3 Å². The van der Waals surface area contributed by atoms with Crippen molar-refractivity contribution in [3.05, 3.63) is 11.9 Å². The number of carbonyl (C=O) groups is 1. The van der Waals surface area contributed by atoms with Gasteiger partial charge >= 0.3 is 0 Å². The first-order valence-corrected chi connectivity index (χ1v) is 5.12. The van der Waals surface area contributed by atoms with Crippen LogP contribution >= 0.6 is 0 Å². The fourth-order valence-corrected chi connectivity index (χ4v) is 1.54. The molecule has 3 N–H and O–H groups in total. The highest BCUT2D eigenvalue weighted by Gasteiger charge is 2.13. The molecule has 6 nitrogen and oxygen atoms in total. The fraction of sp³-hybridized carbons (Fsp3) is 0.500. The molecule has 1 amide bonds. The van der Waals surface area contributed by atoms with Gasteiger partial charge in [-0.15, -0.1) is 0 Å². The quantitative estimate of drug-likeness (QED) is 0.741. The van der Waals surface area contributed by atoms with Gasteiger partial charge in [0.25, 0.3) is 0 Å². The first-order valence-electron chi connectivity index (χ1n) is 5.12. The van der Waals surface area contributed by atoms with E-state index in [-0.39, 0.29) is 12.5 Å². The van der Waals surface area contributed by atoms with Gasteiger partial charge in [0.2, 0.25) is 5.91 Å². The van der Waals surface area contributed by atoms with E-state index >= 15 is 0 Å². The molecule has 0 aliphatic heterocycles. The van der Waals surface area contributed by atoms with Crippen LogP contribution in [0.2, 0.25) is 0 Å². The third-order valence-corrected chi connectivity index (χ3v) is 2.32. The van der Waals surface area contributed by atoms with E-state index in [9.17, 15) is 4.79 Å². The number of hydrogen-bond acceptors (Lipinski definition) is 5. The second kappa shape index (κ2) is 5.29. The summed E-state index contributed by atoms with van der Waals surface area (Å²) in [4.78, 5) is 21.0. The average Bonchev–Trinajstić information content (AvgIpc) is 2.26. The molecule has 1 heterocycles. The van der Waals surface area contributed by atoms with Crippen molar-refractivity contribution < 1.29 is 4.79 Å². The van der Waals surface area contributed by atoms with E-state index in [4.69, 9.17) is 5.73 Å². The monoisotopic (exact) mass is 223 g/mol. The molecule has 6 heteroatoms. The number of primary amides is 1. The van der Waals surface area contributed by atoms with Gasteiger partial charge < -0.3 is 16.0 Å². The number of amides is 1. The molecule has 0 bridgehead atoms. The zero-order valence-electron chi connectivity index (χ0n) is 9.82. The number of likely N-dealkylation sites (N-methyl/N-ethyl adjacent to an activating group) is 1. The number of nitrogens with zero attached hydrogens (tertiary/aromatic N) is 3. The highest BCUT2D eigenvalue weighted by molar-refractivity contribution is 5.79. The molecule has 0 saturated heterocycles. The molecular weight excluding hydrogens is 206 g/mol. The van der Waals surface area contributed by atoms with Gasteiger partial charge in [-0.2, -0.15) is 0 Å². The summed E-state index contributed by atoms with van der Waals surface area (Å²) in [5, 5.41) is 2.97. The molecule has 0 fully saturated rings. The van der Waals surface area contributed by atoms with Crippen LogP contribution in [0.3, 0.4) is 0 Å². The lowest BCUT2D eigenvalue weighted by Gasteiger charge is -2.22. The Morgan fingerprint density at radius 3 is 2.75 bits per heavy atom. The van der Waals surface area contributed by atoms with Crippen molar-refractivity contribution in [3.63, 3.8) is 0 Å². The standard InChI is InChI=1S/C10H17N5O/c1-4-15(5-8(11)16)10-7(2)9(12-3)13-6-14-10/h6H,4-5H2,1-3H3,(H2,11,16)(H,12,13,14). The van der Waals surface area contributed by atoms with Crippen LogP contribution in [0.5, 0.6) is 0 Å². The minimum atomic E-state index is -0.370. The molecule has 0 aliphatic carbocycles. The normalized spacial score (nSPS) is 9.94. The van der Waals surface area contributed by atoms with Crippen LogP contribution in [0.4, 0.5) is 11.6 Å². The summed E-state index contributed by atoms with van der Waals surface area (Å²) in [5.41, 5.74) is 6.10. The summed E-state index contributed by atoms with van der Waals surface area (Å²) < 4.78 is 0. The third-order valence-electron chi connectivity index (χ3n) is 2.32. The van der Waals surface area contributed by atoms with Crippen molar-refractivity contribution in [2.24, 2.45) is 5.73 Å². The molecule has 0 aromatic carbocycles. The molecular formula is C10H17N5O. The number of anilines is 2. The second-order valence-electron chi connectivity index (χ2n) is 3.40. The summed E-state index contributed by atoms with van der Waals surface area (Å²) in [6, 6.07) is 0. The summed E-state index contributed by atoms with van der Waals surface area (Å²) >= 11 is 0. The third kappa shape index (κ3) is 2.59. The van der Waals surface area contributed by atoms with E-state index < -0.39 is 0 Å². The van der Waals surface area contributed by atoms with Crippen LogP contribution in [0.25, 0.3) is 0 Å². The van der Waals surface area contributed by atoms with Gasteiger partial charge in [-0.25, -0.2) is 9.97 Å². The maximum absolute atomic E-state index is 10.9. The molecule has 1 aromatic heterocycles. The Morgan fingerprint density at radius 1 is 1.56 bits per heavy atom. The Balaban J connectivity index is 3.04. The Bertz CT molecular complexity index is 379. The topological polar surface area (TPSA) is 84.1 Å². The van der Waals surface area contributed by atoms with Crippen molar-refractivity contribution in [2.75, 3.05) is 30.4 Å². The van der Waals surface area contributed by atoms with Crippen LogP contribution in [-0.4, -0.2) is 36.0 Å². The molecule has 0 atom stereocenters. The van der Waals surface area contributed by atoms with Crippen LogP contribution in [0.1, 0.15) is 12.5 Å². The number of carbonyl (C=O) groups excluding carboxylic acids is 1. The molecule has 0 unspecified atom stereocenters. The molecule has 1 rings (SSSR count). The van der Waals surface area contributed by atoms with E-state index in [1.807, 2.05) is 18.7 Å². The van der Waals surface area contributed by atoms with Gasteiger partial charge in [-0.1, -0.05) is 0 Å². The van der Waals surface area contributed by atoms with Crippen LogP contribution in [0.15, 0.2) is 6.33 Å². The van der Waals surface area contributed by atoms with Gasteiger partial charge in [-0.3, -0.25) is 4.79 Å². The van der Waals surface area contributed by atoms with E-state index in [0.29, 0.717) is 6.54 Å². The average molecular weight is 223 g/mol. The van der Waals surface area contributed by atoms with Gasteiger partial charge in [0.05, 0.1) is 6.54 Å². The number of rotatable bonds is 5. The van der Waals surface area contributed by atoms with E-state index in [1.165, 1.54) is 6.33 Å². The number of nitrogens with two attached hydrogens (primary N) is 1. The molecule has 1 aromatic rings. The van der Waals surface area contributed by atoms with E-state index in [0.717, 1.165) is 17.2 Å². The predicted molar refractivity (Wildman–Crippen MR) is 63.4 cm³/mol. The second-order valence-corrected chi connectivity index (χ2v) is 3.40. The molecule has 0 aliphatic rings. The first kappa shape index (κ1) is 12.2. The zero-order valence-corrected chi connectivity index (χ0v) is 9.82. The predicted octanol–water partition coefficient (Wildman–Crippen LogP) is 0.138. The van der Waals surface area contributed by atoms with Crippen molar-refractivity contribution in [1.29, 1.82) is 0 Å². The van der Waals surface area contributed by atoms with Crippen LogP contribution in [0, 0.1) is 6.92 Å². The first-order chi connectivity index (χ1) is 7.60. The molecule has 16 heavy (non-hydrogen) atoms. The van der Waals surface area contributed by atoms with Gasteiger partial charge in [0.15, 0.2) is 0 Å². The largest absolute Gasteiger partial charge is 0.373 e. The Labute approximate surface area is 94.9 Å². The maximum Gasteiger partial charge on any atom is 0.236 e. The van der Waals surface area contributed by atoms with Crippen molar-refractivity contribution in [1.82, 2.24) is 9.97 Å². The summed E-state index contributed by atoms with van der Waals surface area (Å²) in [5.74, 6) is 1.12. The van der Waals surface area contributed by atoms with Gasteiger partial charge in [0, 0.05) is 19.2 Å². The number of hydrogen-bond donors (Lipinski definition) is 2. The number of nitrogens with one attached hydrogen (secondary N) is 1. The van der Waals surface area contributed by atoms with Crippen LogP contribution < -0.4 is 16.0 Å². The minimum Gasteiger partial charge on any atom is -0.373 e. The zero-order chi connectivity index (χ0) is 12.1. The molecule has 0 radical (unpaired) electrons. The van der Waals surface area contributed by atoms with Crippen LogP contribution in [-0.2, 0) is 4.79 Å². The van der Waals surface area contributed by atoms with Crippen molar-refractivity contribution >= 4 is 17.5 Å². The Morgan fingerprint density at radius 2 is 2.25 bits per heavy atom. The lowest BCUT2D eigenvalue weighted by molar-refractivity contribution is -0.116. The summed E-state index contributed by atoms with van der Waals surface area (Å²) in [6.45, 7) is 4.69. The fourth-order valence-electron chi connectivity index (χ4n) is 1.54. The SMILES string of the molecule is CCN(CC(N)=O)c1ncnc(NC)c1C. The Kier molecular flexibility index (Phi) is 4.04. The summed E-state index contributed by atoms with van der Waals surface area (Å²) in [7, 11) is 1.80. The Hall–Kier alpha value is -1.85. The molecule has 0 saturated carbocycles. The maximum atomic E-state index is 10.9. The minimum absolute atomic E-state index is 0.164. The van der Waals surface area contributed by atoms with Gasteiger partial charge in [0.1, 0.15) is 18.0 Å². The summed E-state index contributed by atoms with van der Waals surface area (Å²) in [6.07, 6.45) is 1.47. The van der Waals surface area contributed by atoms with Crippen molar-refractivity contribution in [2.45, 2.75) is 13.8 Å². The lowest BCUT2D eigenvalue weighted by Crippen LogP contribution is -2.34. The van der Waals surface area contributed by atoms with E-state index in [1.54, 1.807) is 7.05 Å². The van der Waals surface area contributed by atoms with Gasteiger partial charge in [-0.05, 0) is 13.8 Å². The highest BCUT2D eigenvalue weighted by Crippen LogP contribution is 2.21. The van der Waals surface area contributed by atoms with Crippen molar-refractivity contribution in [3.8, 4) is 0 Å².